The number of rotatable bonds is 3. The van der Waals surface area contributed by atoms with Crippen molar-refractivity contribution in [2.75, 3.05) is 5.32 Å². The first-order valence-electron chi connectivity index (χ1n) is 6.41. The van der Waals surface area contributed by atoms with E-state index in [-0.39, 0.29) is 17.2 Å². The van der Waals surface area contributed by atoms with Crippen molar-refractivity contribution in [3.8, 4) is 6.07 Å². The minimum atomic E-state index is -0.970. The van der Waals surface area contributed by atoms with Gasteiger partial charge in [-0.15, -0.1) is 0 Å². The Balaban J connectivity index is 1.88. The highest BCUT2D eigenvalue weighted by atomic mass is 35.5. The normalized spacial score (nSPS) is 21.8. The first-order valence-corrected chi connectivity index (χ1v) is 6.79. The lowest BCUT2D eigenvalue weighted by molar-refractivity contribution is 0.185. The van der Waals surface area contributed by atoms with Gasteiger partial charge in [-0.3, -0.25) is 0 Å². The molecule has 0 bridgehead atoms. The highest BCUT2D eigenvalue weighted by Gasteiger charge is 2.22. The maximum atomic E-state index is 10.6. The summed E-state index contributed by atoms with van der Waals surface area (Å²) in [5, 5.41) is 23.4. The first-order chi connectivity index (χ1) is 9.58. The Kier molecular flexibility index (Phi) is 4.64. The quantitative estimate of drug-likeness (QED) is 0.744. The van der Waals surface area contributed by atoms with Crippen molar-refractivity contribution >= 4 is 23.5 Å². The number of aromatic nitrogens is 1. The SMILES string of the molecule is N#Cc1ccc(N[C@H]2CC[C@H](NC(=O)O)CC2)nc1Cl. The molecule has 1 aromatic rings. The molecule has 0 spiro atoms. The minimum Gasteiger partial charge on any atom is -0.465 e. The zero-order chi connectivity index (χ0) is 14.5. The summed E-state index contributed by atoms with van der Waals surface area (Å²) in [7, 11) is 0. The summed E-state index contributed by atoms with van der Waals surface area (Å²) < 4.78 is 0. The summed E-state index contributed by atoms with van der Waals surface area (Å²) in [6.45, 7) is 0. The van der Waals surface area contributed by atoms with Crippen LogP contribution in [0.2, 0.25) is 5.15 Å². The van der Waals surface area contributed by atoms with Crippen molar-refractivity contribution in [2.45, 2.75) is 37.8 Å². The van der Waals surface area contributed by atoms with Crippen LogP contribution in [0.4, 0.5) is 10.6 Å². The zero-order valence-electron chi connectivity index (χ0n) is 10.8. The second-order valence-electron chi connectivity index (χ2n) is 4.79. The molecule has 3 N–H and O–H groups in total. The third-order valence-electron chi connectivity index (χ3n) is 3.38. The maximum absolute atomic E-state index is 10.6. The number of hydrogen-bond donors (Lipinski definition) is 3. The van der Waals surface area contributed by atoms with Gasteiger partial charge in [-0.25, -0.2) is 9.78 Å². The molecule has 2 rings (SSSR count). The number of carboxylic acid groups (broad SMARTS) is 1. The van der Waals surface area contributed by atoms with Gasteiger partial charge >= 0.3 is 6.09 Å². The predicted octanol–water partition coefficient (Wildman–Crippen LogP) is 2.60. The molecule has 1 aliphatic carbocycles. The fourth-order valence-electron chi connectivity index (χ4n) is 2.36. The number of nitriles is 1. The summed E-state index contributed by atoms with van der Waals surface area (Å²) in [5.41, 5.74) is 0.353. The van der Waals surface area contributed by atoms with Crippen molar-refractivity contribution in [2.24, 2.45) is 0 Å². The fourth-order valence-corrected chi connectivity index (χ4v) is 2.56. The summed E-state index contributed by atoms with van der Waals surface area (Å²) >= 11 is 5.88. The third-order valence-corrected chi connectivity index (χ3v) is 3.66. The number of pyridine rings is 1. The van der Waals surface area contributed by atoms with Crippen LogP contribution in [-0.4, -0.2) is 28.3 Å². The molecule has 1 fully saturated rings. The molecule has 1 aliphatic rings. The standard InChI is InChI=1S/C13H15ClN4O2/c14-12-8(7-15)1-6-11(18-12)16-9-2-4-10(5-3-9)17-13(19)20/h1,6,9-10,17H,2-5H2,(H,16,18)(H,19,20)/t9-,10-. The van der Waals surface area contributed by atoms with Crippen LogP contribution in [0.3, 0.4) is 0 Å². The number of nitrogens with one attached hydrogen (secondary N) is 2. The Morgan fingerprint density at radius 1 is 1.35 bits per heavy atom. The van der Waals surface area contributed by atoms with Crippen LogP contribution < -0.4 is 10.6 Å². The largest absolute Gasteiger partial charge is 0.465 e. The Morgan fingerprint density at radius 2 is 2.00 bits per heavy atom. The van der Waals surface area contributed by atoms with Gasteiger partial charge in [0.2, 0.25) is 0 Å². The molecule has 0 saturated heterocycles. The van der Waals surface area contributed by atoms with Crippen LogP contribution in [0.1, 0.15) is 31.2 Å². The first kappa shape index (κ1) is 14.4. The van der Waals surface area contributed by atoms with Crippen LogP contribution in [0.15, 0.2) is 12.1 Å². The fraction of sp³-hybridized carbons (Fsp3) is 0.462. The van der Waals surface area contributed by atoms with Crippen LogP contribution in [0.5, 0.6) is 0 Å². The van der Waals surface area contributed by atoms with Crippen LogP contribution in [0, 0.1) is 11.3 Å². The molecule has 106 valence electrons. The number of halogens is 1. The number of nitrogens with zero attached hydrogens (tertiary/aromatic N) is 2. The van der Waals surface area contributed by atoms with Gasteiger partial charge in [0.15, 0.2) is 0 Å². The van der Waals surface area contributed by atoms with Crippen molar-refractivity contribution in [1.29, 1.82) is 5.26 Å². The third kappa shape index (κ3) is 3.75. The molecule has 1 heterocycles. The molecule has 1 amide bonds. The van der Waals surface area contributed by atoms with Crippen LogP contribution in [-0.2, 0) is 0 Å². The summed E-state index contributed by atoms with van der Waals surface area (Å²) in [4.78, 5) is 14.7. The Morgan fingerprint density at radius 3 is 2.55 bits per heavy atom. The van der Waals surface area contributed by atoms with Gasteiger partial charge in [-0.1, -0.05) is 11.6 Å². The Hall–Kier alpha value is -2.00. The lowest BCUT2D eigenvalue weighted by Crippen LogP contribution is -2.39. The van der Waals surface area contributed by atoms with E-state index >= 15 is 0 Å². The van der Waals surface area contributed by atoms with E-state index in [2.05, 4.69) is 15.6 Å². The van der Waals surface area contributed by atoms with Gasteiger partial charge in [0.25, 0.3) is 0 Å². The van der Waals surface area contributed by atoms with E-state index in [4.69, 9.17) is 22.0 Å². The van der Waals surface area contributed by atoms with Crippen molar-refractivity contribution in [3.63, 3.8) is 0 Å². The number of carbonyl (C=O) groups is 1. The number of amides is 1. The van der Waals surface area contributed by atoms with E-state index in [1.807, 2.05) is 6.07 Å². The molecule has 1 aromatic heterocycles. The van der Waals surface area contributed by atoms with Crippen molar-refractivity contribution < 1.29 is 9.90 Å². The monoisotopic (exact) mass is 294 g/mol. The van der Waals surface area contributed by atoms with E-state index in [0.717, 1.165) is 25.7 Å². The summed E-state index contributed by atoms with van der Waals surface area (Å²) in [6, 6.07) is 5.61. The predicted molar refractivity (Wildman–Crippen MR) is 74.8 cm³/mol. The molecule has 0 atom stereocenters. The van der Waals surface area contributed by atoms with Crippen LogP contribution in [0.25, 0.3) is 0 Å². The van der Waals surface area contributed by atoms with Gasteiger partial charge in [-0.05, 0) is 37.8 Å². The van der Waals surface area contributed by atoms with E-state index in [1.165, 1.54) is 0 Å². The smallest absolute Gasteiger partial charge is 0.404 e. The number of hydrogen-bond acceptors (Lipinski definition) is 4. The molecule has 7 heteroatoms. The topological polar surface area (TPSA) is 98.0 Å². The minimum absolute atomic E-state index is 0.0306. The summed E-state index contributed by atoms with van der Waals surface area (Å²) in [5.74, 6) is 0.642. The highest BCUT2D eigenvalue weighted by molar-refractivity contribution is 6.30. The Bertz CT molecular complexity index is 536. The molecule has 6 nitrogen and oxygen atoms in total. The van der Waals surface area contributed by atoms with Gasteiger partial charge in [0.05, 0.1) is 5.56 Å². The molecule has 0 unspecified atom stereocenters. The molecular weight excluding hydrogens is 280 g/mol. The van der Waals surface area contributed by atoms with Gasteiger partial charge in [0, 0.05) is 12.1 Å². The molecule has 0 aromatic carbocycles. The highest BCUT2D eigenvalue weighted by Crippen LogP contribution is 2.23. The van der Waals surface area contributed by atoms with Crippen molar-refractivity contribution in [1.82, 2.24) is 10.3 Å². The average molecular weight is 295 g/mol. The lowest BCUT2D eigenvalue weighted by Gasteiger charge is -2.29. The van der Waals surface area contributed by atoms with E-state index < -0.39 is 6.09 Å². The van der Waals surface area contributed by atoms with Crippen molar-refractivity contribution in [3.05, 3.63) is 22.8 Å². The second kappa shape index (κ2) is 6.44. The van der Waals surface area contributed by atoms with Gasteiger partial charge in [-0.2, -0.15) is 5.26 Å². The van der Waals surface area contributed by atoms with Gasteiger partial charge < -0.3 is 15.7 Å². The van der Waals surface area contributed by atoms with Gasteiger partial charge in [0.1, 0.15) is 17.0 Å². The van der Waals surface area contributed by atoms with Crippen LogP contribution >= 0.6 is 11.6 Å². The van der Waals surface area contributed by atoms with E-state index in [0.29, 0.717) is 11.4 Å². The second-order valence-corrected chi connectivity index (χ2v) is 5.15. The van der Waals surface area contributed by atoms with E-state index in [1.54, 1.807) is 12.1 Å². The molecule has 0 radical (unpaired) electrons. The summed E-state index contributed by atoms with van der Waals surface area (Å²) in [6.07, 6.45) is 2.36. The molecule has 0 aliphatic heterocycles. The maximum Gasteiger partial charge on any atom is 0.404 e. The van der Waals surface area contributed by atoms with E-state index in [9.17, 15) is 4.79 Å². The Labute approximate surface area is 121 Å². The lowest BCUT2D eigenvalue weighted by atomic mass is 9.91. The zero-order valence-corrected chi connectivity index (χ0v) is 11.5. The molecular formula is C13H15ClN4O2. The number of anilines is 1. The average Bonchev–Trinajstić information content (AvgIpc) is 2.41. The molecule has 1 saturated carbocycles. The molecule has 20 heavy (non-hydrogen) atoms.